The van der Waals surface area contributed by atoms with Gasteiger partial charge in [-0.15, -0.1) is 0 Å². The number of carbonyl (C=O) groups excluding carboxylic acids is 1. The van der Waals surface area contributed by atoms with Gasteiger partial charge >= 0.3 is 5.69 Å². The Morgan fingerprint density at radius 3 is 2.47 bits per heavy atom. The Morgan fingerprint density at radius 2 is 1.76 bits per heavy atom. The summed E-state index contributed by atoms with van der Waals surface area (Å²) in [6.07, 6.45) is 2.48. The molecule has 0 bridgehead atoms. The van der Waals surface area contributed by atoms with Gasteiger partial charge in [0, 0.05) is 30.2 Å². The quantitative estimate of drug-likeness (QED) is 0.267. The zero-order valence-electron chi connectivity index (χ0n) is 23.6. The number of anilines is 1. The monoisotopic (exact) mass is 618 g/mol. The number of nitrogens with one attached hydrogen (secondary N) is 1. The predicted octanol–water partition coefficient (Wildman–Crippen LogP) is 3.64. The van der Waals surface area contributed by atoms with Gasteiger partial charge in [0.25, 0.3) is 11.5 Å². The third-order valence-corrected chi connectivity index (χ3v) is 6.90. The van der Waals surface area contributed by atoms with Crippen molar-refractivity contribution in [1.82, 2.24) is 14.1 Å². The van der Waals surface area contributed by atoms with E-state index in [0.29, 0.717) is 39.3 Å². The highest BCUT2D eigenvalue weighted by atomic mass is 19.1. The van der Waals surface area contributed by atoms with Crippen LogP contribution in [0.4, 0.5) is 14.5 Å². The number of methoxy groups -OCH3 is 1. The van der Waals surface area contributed by atoms with E-state index in [1.807, 2.05) is 0 Å². The van der Waals surface area contributed by atoms with Crippen molar-refractivity contribution in [1.29, 1.82) is 0 Å². The molecule has 2 N–H and O–H groups in total. The zero-order chi connectivity index (χ0) is 31.7. The van der Waals surface area contributed by atoms with Gasteiger partial charge < -0.3 is 29.4 Å². The molecule has 3 aromatic carbocycles. The van der Waals surface area contributed by atoms with Gasteiger partial charge in [-0.3, -0.25) is 19.1 Å². The molecule has 0 aliphatic carbocycles. The molecule has 0 spiro atoms. The van der Waals surface area contributed by atoms with Crippen LogP contribution in [0.5, 0.6) is 28.7 Å². The number of nitrogens with zero attached hydrogens (tertiary/aromatic N) is 3. The summed E-state index contributed by atoms with van der Waals surface area (Å²) in [7, 11) is 1.49. The summed E-state index contributed by atoms with van der Waals surface area (Å²) in [5, 5.41) is 12.3. The second kappa shape index (κ2) is 12.1. The summed E-state index contributed by atoms with van der Waals surface area (Å²) < 4.78 is 53.3. The van der Waals surface area contributed by atoms with E-state index in [0.717, 1.165) is 29.0 Å². The summed E-state index contributed by atoms with van der Waals surface area (Å²) >= 11 is 0. The van der Waals surface area contributed by atoms with E-state index in [1.165, 1.54) is 43.6 Å². The molecule has 0 unspecified atom stereocenters. The molecule has 1 aliphatic rings. The number of halogens is 2. The fourth-order valence-corrected chi connectivity index (χ4v) is 4.83. The minimum atomic E-state index is -0.991. The Morgan fingerprint density at radius 1 is 1.00 bits per heavy atom. The van der Waals surface area contributed by atoms with Crippen molar-refractivity contribution in [2.24, 2.45) is 0 Å². The van der Waals surface area contributed by atoms with Crippen molar-refractivity contribution in [3.63, 3.8) is 0 Å². The van der Waals surface area contributed by atoms with Crippen LogP contribution in [0.15, 0.2) is 76.6 Å². The number of amides is 1. The van der Waals surface area contributed by atoms with E-state index in [9.17, 15) is 23.9 Å². The van der Waals surface area contributed by atoms with E-state index in [1.54, 1.807) is 6.07 Å². The molecular formula is C31H24F2N4O8. The maximum atomic E-state index is 15.3. The Balaban J connectivity index is 1.31. The molecule has 0 radical (unpaired) electrons. The van der Waals surface area contributed by atoms with Crippen LogP contribution in [-0.2, 0) is 6.54 Å². The van der Waals surface area contributed by atoms with E-state index in [-0.39, 0.29) is 36.0 Å². The number of rotatable bonds is 8. The molecule has 5 aromatic rings. The number of aliphatic hydroxyl groups is 1. The number of benzene rings is 3. The molecule has 0 atom stereocenters. The second-order valence-electron chi connectivity index (χ2n) is 9.70. The molecule has 1 aliphatic heterocycles. The third-order valence-electron chi connectivity index (χ3n) is 6.90. The van der Waals surface area contributed by atoms with E-state index in [4.69, 9.17) is 18.9 Å². The number of hydrogen-bond acceptors (Lipinski definition) is 9. The molecule has 0 saturated carbocycles. The second-order valence-corrected chi connectivity index (χ2v) is 9.70. The first-order chi connectivity index (χ1) is 21.8. The van der Waals surface area contributed by atoms with Gasteiger partial charge in [-0.05, 0) is 42.5 Å². The highest BCUT2D eigenvalue weighted by molar-refractivity contribution is 6.04. The molecule has 12 nitrogen and oxygen atoms in total. The lowest BCUT2D eigenvalue weighted by Crippen LogP contribution is -2.42. The highest BCUT2D eigenvalue weighted by Gasteiger charge is 2.25. The molecular weight excluding hydrogens is 594 g/mol. The van der Waals surface area contributed by atoms with Gasteiger partial charge in [0.2, 0.25) is 5.75 Å². The summed E-state index contributed by atoms with van der Waals surface area (Å²) in [4.78, 5) is 43.7. The number of ether oxygens (including phenoxy) is 4. The molecule has 0 fully saturated rings. The van der Waals surface area contributed by atoms with Gasteiger partial charge in [-0.2, -0.15) is 0 Å². The fourth-order valence-electron chi connectivity index (χ4n) is 4.83. The largest absolute Gasteiger partial charge is 0.493 e. The van der Waals surface area contributed by atoms with Crippen molar-refractivity contribution in [3.8, 4) is 34.4 Å². The third kappa shape index (κ3) is 5.54. The summed E-state index contributed by atoms with van der Waals surface area (Å²) in [6, 6.07) is 11.3. The summed E-state index contributed by atoms with van der Waals surface area (Å²) in [6.45, 7) is -0.0931. The first kappa shape index (κ1) is 29.3. The number of carbonyl (C=O) groups is 1. The van der Waals surface area contributed by atoms with Gasteiger partial charge in [0.05, 0.1) is 36.9 Å². The maximum absolute atomic E-state index is 15.3. The lowest BCUT2D eigenvalue weighted by molar-refractivity contribution is 0.102. The Kier molecular flexibility index (Phi) is 7.87. The van der Waals surface area contributed by atoms with Crippen molar-refractivity contribution in [2.45, 2.75) is 6.54 Å². The number of fused-ring (bicyclic) bond motifs is 3. The lowest BCUT2D eigenvalue weighted by Gasteiger charge is -2.23. The number of aliphatic hydroxyl groups excluding tert-OH is 1. The van der Waals surface area contributed by atoms with Crippen LogP contribution in [0, 0.1) is 11.6 Å². The Labute approximate surface area is 252 Å². The van der Waals surface area contributed by atoms with Crippen molar-refractivity contribution < 1.29 is 37.6 Å². The minimum Gasteiger partial charge on any atom is -0.493 e. The van der Waals surface area contributed by atoms with Crippen LogP contribution in [0.2, 0.25) is 0 Å². The molecule has 45 heavy (non-hydrogen) atoms. The van der Waals surface area contributed by atoms with Gasteiger partial charge in [-0.25, -0.2) is 18.1 Å². The molecule has 230 valence electrons. The van der Waals surface area contributed by atoms with E-state index >= 15 is 4.39 Å². The minimum absolute atomic E-state index is 0.0144. The molecule has 1 amide bonds. The maximum Gasteiger partial charge on any atom is 0.335 e. The van der Waals surface area contributed by atoms with Crippen LogP contribution in [0.3, 0.4) is 0 Å². The van der Waals surface area contributed by atoms with Crippen LogP contribution in [0.1, 0.15) is 10.4 Å². The Bertz CT molecular complexity index is 2060. The van der Waals surface area contributed by atoms with Crippen LogP contribution in [-0.4, -0.2) is 52.1 Å². The number of aromatic nitrogens is 3. The first-order valence-corrected chi connectivity index (χ1v) is 13.6. The zero-order valence-corrected chi connectivity index (χ0v) is 23.6. The first-order valence-electron chi connectivity index (χ1n) is 13.6. The number of hydrogen-bond donors (Lipinski definition) is 2. The van der Waals surface area contributed by atoms with Crippen LogP contribution in [0.25, 0.3) is 16.6 Å². The fraction of sp³-hybridized carbons (Fsp3) is 0.161. The smallest absolute Gasteiger partial charge is 0.335 e. The summed E-state index contributed by atoms with van der Waals surface area (Å²) in [5.41, 5.74) is -1.85. The standard InChI is InChI=1S/C31H24F2N4O8/c1-42-25-15-22-26(28-27(25)43-12-13-44-28)24(8-9-34-22)45-23-7-4-18(14-21(23)33)35-29(39)20-16-36(10-11-38)31(41)37(30(20)40)19-5-2-17(32)3-6-19/h2-9,14-16,38H,10-13H2,1H3,(H,35,39). The van der Waals surface area contributed by atoms with Crippen molar-refractivity contribution in [3.05, 3.63) is 105 Å². The topological polar surface area (TPSA) is 143 Å². The van der Waals surface area contributed by atoms with Crippen LogP contribution >= 0.6 is 0 Å². The molecule has 6 rings (SSSR count). The Hall–Kier alpha value is -5.76. The SMILES string of the molecule is COc1cc2nccc(Oc3ccc(NC(=O)c4cn(CCO)c(=O)n(-c5ccc(F)cc5)c4=O)cc3F)c2c2c1OCCO2. The lowest BCUT2D eigenvalue weighted by atomic mass is 10.1. The van der Waals surface area contributed by atoms with Gasteiger partial charge in [0.15, 0.2) is 23.1 Å². The molecule has 0 saturated heterocycles. The predicted molar refractivity (Wildman–Crippen MR) is 157 cm³/mol. The van der Waals surface area contributed by atoms with Gasteiger partial charge in [0.1, 0.15) is 30.3 Å². The normalized spacial score (nSPS) is 12.2. The van der Waals surface area contributed by atoms with Crippen molar-refractivity contribution in [2.75, 3.05) is 32.2 Å². The molecule has 14 heteroatoms. The van der Waals surface area contributed by atoms with E-state index in [2.05, 4.69) is 10.3 Å². The average Bonchev–Trinajstić information content (AvgIpc) is 3.04. The van der Waals surface area contributed by atoms with Crippen LogP contribution < -0.4 is 35.5 Å². The van der Waals surface area contributed by atoms with Crippen molar-refractivity contribution >= 4 is 22.5 Å². The van der Waals surface area contributed by atoms with Gasteiger partial charge in [-0.1, -0.05) is 0 Å². The van der Waals surface area contributed by atoms with E-state index < -0.39 is 41.0 Å². The molecule has 3 heterocycles. The molecule has 2 aromatic heterocycles. The average molecular weight is 619 g/mol. The summed E-state index contributed by atoms with van der Waals surface area (Å²) in [5.74, 6) is -1.20. The number of pyridine rings is 1. The highest BCUT2D eigenvalue weighted by Crippen LogP contribution is 2.48.